The van der Waals surface area contributed by atoms with Crippen LogP contribution in [0.4, 0.5) is 0 Å². The molecule has 92 valence electrons. The second-order valence-corrected chi connectivity index (χ2v) is 4.93. The minimum absolute atomic E-state index is 0.222. The molecule has 1 atom stereocenters. The van der Waals surface area contributed by atoms with Crippen LogP contribution in [-0.4, -0.2) is 29.8 Å². The van der Waals surface area contributed by atoms with Gasteiger partial charge in [0.2, 0.25) is 5.91 Å². The van der Waals surface area contributed by atoms with Crippen LogP contribution in [0.2, 0.25) is 0 Å². The molecule has 0 aliphatic rings. The number of carbonyl (C=O) groups is 2. The van der Waals surface area contributed by atoms with Crippen molar-refractivity contribution in [2.24, 2.45) is 5.73 Å². The van der Waals surface area contributed by atoms with E-state index in [9.17, 15) is 9.59 Å². The van der Waals surface area contributed by atoms with Gasteiger partial charge in [-0.3, -0.25) is 9.59 Å². The van der Waals surface area contributed by atoms with Gasteiger partial charge in [0.25, 0.3) is 5.91 Å². The number of carbonyl (C=O) groups excluding carboxylic acids is 2. The number of nitrogens with two attached hydrogens (primary N) is 1. The zero-order valence-electron chi connectivity index (χ0n) is 10.0. The molecule has 2 N–H and O–H groups in total. The predicted molar refractivity (Wildman–Crippen MR) is 69.6 cm³/mol. The van der Waals surface area contributed by atoms with Crippen LogP contribution in [-0.2, 0) is 4.79 Å². The van der Waals surface area contributed by atoms with Crippen LogP contribution in [0.1, 0.15) is 22.8 Å². The average Bonchev–Trinajstić information content (AvgIpc) is 2.24. The van der Waals surface area contributed by atoms with E-state index in [1.54, 1.807) is 26.1 Å². The van der Waals surface area contributed by atoms with Crippen molar-refractivity contribution >= 4 is 27.7 Å². The molecule has 1 aromatic rings. The summed E-state index contributed by atoms with van der Waals surface area (Å²) in [7, 11) is 1.56. The lowest BCUT2D eigenvalue weighted by Crippen LogP contribution is -2.43. The summed E-state index contributed by atoms with van der Waals surface area (Å²) in [6.07, 6.45) is 0. The van der Waals surface area contributed by atoms with Gasteiger partial charge in [-0.1, -0.05) is 15.9 Å². The molecule has 0 heterocycles. The van der Waals surface area contributed by atoms with Gasteiger partial charge in [-0.05, 0) is 37.6 Å². The Morgan fingerprint density at radius 2 is 1.94 bits per heavy atom. The Morgan fingerprint density at radius 1 is 1.35 bits per heavy atom. The van der Waals surface area contributed by atoms with Crippen molar-refractivity contribution in [1.82, 2.24) is 4.90 Å². The van der Waals surface area contributed by atoms with E-state index < -0.39 is 11.9 Å². The summed E-state index contributed by atoms with van der Waals surface area (Å²) in [6.45, 7) is 3.50. The molecule has 0 fully saturated rings. The van der Waals surface area contributed by atoms with Crippen LogP contribution in [0, 0.1) is 6.92 Å². The summed E-state index contributed by atoms with van der Waals surface area (Å²) in [5, 5.41) is 0. The number of rotatable bonds is 3. The molecule has 1 aromatic carbocycles. The van der Waals surface area contributed by atoms with Crippen molar-refractivity contribution < 1.29 is 9.59 Å². The van der Waals surface area contributed by atoms with E-state index in [-0.39, 0.29) is 5.91 Å². The number of hydrogen-bond acceptors (Lipinski definition) is 2. The Kier molecular flexibility index (Phi) is 4.28. The van der Waals surface area contributed by atoms with E-state index >= 15 is 0 Å². The minimum Gasteiger partial charge on any atom is -0.368 e. The molecule has 0 saturated carbocycles. The van der Waals surface area contributed by atoms with E-state index in [4.69, 9.17) is 5.73 Å². The average molecular weight is 299 g/mol. The Morgan fingerprint density at radius 3 is 2.41 bits per heavy atom. The lowest BCUT2D eigenvalue weighted by atomic mass is 10.1. The molecule has 0 spiro atoms. The van der Waals surface area contributed by atoms with Crippen LogP contribution >= 0.6 is 15.9 Å². The number of primary amides is 1. The topological polar surface area (TPSA) is 63.4 Å². The molecule has 0 aromatic heterocycles. The summed E-state index contributed by atoms with van der Waals surface area (Å²) in [6, 6.07) is 4.78. The summed E-state index contributed by atoms with van der Waals surface area (Å²) < 4.78 is 0.834. The van der Waals surface area contributed by atoms with E-state index in [2.05, 4.69) is 15.9 Å². The maximum atomic E-state index is 12.1. The van der Waals surface area contributed by atoms with Gasteiger partial charge in [0, 0.05) is 17.1 Å². The van der Waals surface area contributed by atoms with Crippen molar-refractivity contribution in [2.75, 3.05) is 7.05 Å². The lowest BCUT2D eigenvalue weighted by Gasteiger charge is -2.22. The Labute approximate surface area is 109 Å². The number of amides is 2. The standard InChI is InChI=1S/C12H15BrN2O2/c1-7-4-9(6-10(13)5-7)12(17)15(3)8(2)11(14)16/h4-6,8H,1-3H3,(H2,14,16)/t8-/m1/s1. The second kappa shape index (κ2) is 5.31. The fourth-order valence-electron chi connectivity index (χ4n) is 1.43. The van der Waals surface area contributed by atoms with Crippen molar-refractivity contribution in [2.45, 2.75) is 19.9 Å². The predicted octanol–water partition coefficient (Wildman–Crippen LogP) is 1.70. The largest absolute Gasteiger partial charge is 0.368 e. The third kappa shape index (κ3) is 3.30. The lowest BCUT2D eigenvalue weighted by molar-refractivity contribution is -0.121. The van der Waals surface area contributed by atoms with Crippen LogP contribution in [0.15, 0.2) is 22.7 Å². The number of halogens is 1. The first-order valence-electron chi connectivity index (χ1n) is 5.16. The second-order valence-electron chi connectivity index (χ2n) is 4.01. The van der Waals surface area contributed by atoms with Gasteiger partial charge in [-0.15, -0.1) is 0 Å². The van der Waals surface area contributed by atoms with Crippen molar-refractivity contribution in [3.8, 4) is 0 Å². The molecular weight excluding hydrogens is 284 g/mol. The summed E-state index contributed by atoms with van der Waals surface area (Å²) in [5.41, 5.74) is 6.68. The van der Waals surface area contributed by atoms with Crippen molar-refractivity contribution in [3.63, 3.8) is 0 Å². The molecule has 1 rings (SSSR count). The van der Waals surface area contributed by atoms with Gasteiger partial charge in [0.15, 0.2) is 0 Å². The summed E-state index contributed by atoms with van der Waals surface area (Å²) in [4.78, 5) is 24.5. The van der Waals surface area contributed by atoms with E-state index in [1.807, 2.05) is 13.0 Å². The van der Waals surface area contributed by atoms with Crippen molar-refractivity contribution in [1.29, 1.82) is 0 Å². The first-order valence-corrected chi connectivity index (χ1v) is 5.96. The minimum atomic E-state index is -0.623. The maximum absolute atomic E-state index is 12.1. The first kappa shape index (κ1) is 13.7. The third-order valence-electron chi connectivity index (χ3n) is 2.60. The van der Waals surface area contributed by atoms with Gasteiger partial charge in [-0.25, -0.2) is 0 Å². The summed E-state index contributed by atoms with van der Waals surface area (Å²) >= 11 is 3.33. The van der Waals surface area contributed by atoms with Crippen LogP contribution in [0.5, 0.6) is 0 Å². The monoisotopic (exact) mass is 298 g/mol. The van der Waals surface area contributed by atoms with Gasteiger partial charge in [0.1, 0.15) is 6.04 Å². The highest BCUT2D eigenvalue weighted by atomic mass is 79.9. The van der Waals surface area contributed by atoms with Crippen LogP contribution in [0.3, 0.4) is 0 Å². The molecular formula is C12H15BrN2O2. The van der Waals surface area contributed by atoms with Gasteiger partial charge in [0.05, 0.1) is 0 Å². The van der Waals surface area contributed by atoms with E-state index in [0.29, 0.717) is 5.56 Å². The summed E-state index contributed by atoms with van der Waals surface area (Å²) in [5.74, 6) is -0.742. The molecule has 0 radical (unpaired) electrons. The van der Waals surface area contributed by atoms with Gasteiger partial charge < -0.3 is 10.6 Å². The molecule has 4 nitrogen and oxygen atoms in total. The van der Waals surface area contributed by atoms with Gasteiger partial charge >= 0.3 is 0 Å². The quantitative estimate of drug-likeness (QED) is 0.923. The van der Waals surface area contributed by atoms with Crippen LogP contribution in [0.25, 0.3) is 0 Å². The molecule has 0 aliphatic heterocycles. The van der Waals surface area contributed by atoms with E-state index in [1.165, 1.54) is 4.90 Å². The Hall–Kier alpha value is -1.36. The molecule has 5 heteroatoms. The number of benzene rings is 1. The van der Waals surface area contributed by atoms with Gasteiger partial charge in [-0.2, -0.15) is 0 Å². The SMILES string of the molecule is Cc1cc(Br)cc(C(=O)N(C)[C@H](C)C(N)=O)c1. The maximum Gasteiger partial charge on any atom is 0.254 e. The zero-order valence-corrected chi connectivity index (χ0v) is 11.6. The highest BCUT2D eigenvalue weighted by Gasteiger charge is 2.21. The molecule has 2 amide bonds. The Bertz CT molecular complexity index is 440. The Balaban J connectivity index is 3.00. The zero-order chi connectivity index (χ0) is 13.2. The fraction of sp³-hybridized carbons (Fsp3) is 0.333. The number of hydrogen-bond donors (Lipinski definition) is 1. The molecule has 0 aliphatic carbocycles. The highest BCUT2D eigenvalue weighted by Crippen LogP contribution is 2.17. The number of likely N-dealkylation sites (N-methyl/N-ethyl adjacent to an activating group) is 1. The normalized spacial score (nSPS) is 12.0. The number of aryl methyl sites for hydroxylation is 1. The fourth-order valence-corrected chi connectivity index (χ4v) is 2.04. The number of nitrogens with zero attached hydrogens (tertiary/aromatic N) is 1. The molecule has 0 saturated heterocycles. The van der Waals surface area contributed by atoms with Crippen LogP contribution < -0.4 is 5.73 Å². The molecule has 17 heavy (non-hydrogen) atoms. The molecule has 0 unspecified atom stereocenters. The van der Waals surface area contributed by atoms with Crippen molar-refractivity contribution in [3.05, 3.63) is 33.8 Å². The highest BCUT2D eigenvalue weighted by molar-refractivity contribution is 9.10. The molecule has 0 bridgehead atoms. The first-order chi connectivity index (χ1) is 7.82. The smallest absolute Gasteiger partial charge is 0.254 e. The van der Waals surface area contributed by atoms with E-state index in [0.717, 1.165) is 10.0 Å². The third-order valence-corrected chi connectivity index (χ3v) is 3.06.